The Balaban J connectivity index is 0.000000669. The van der Waals surface area contributed by atoms with Gasteiger partial charge in [-0.3, -0.25) is 0 Å². The molecule has 0 amide bonds. The third kappa shape index (κ3) is 7.04. The molecule has 3 aromatic rings. The standard InChI is InChI=1S/C13H12N4.C2H6.CH4.3HI.V/c1-9-12(11-6-4-3-5-7-11)10(2)17-13(16-9)14-8-15-17;1-2;;;;;/h3-8H,1-2H3;1-2H3;1H4;3*1H;/q;;;;;;+3/p-3. The fraction of sp³-hybridized carbons (Fsp3) is 0.312. The molecule has 2 heterocycles. The average molecular weight is 702 g/mol. The van der Waals surface area contributed by atoms with Crippen LogP contribution in [0.1, 0.15) is 32.7 Å². The Morgan fingerprint density at radius 1 is 1.00 bits per heavy atom. The molecule has 0 radical (unpaired) electrons. The maximum absolute atomic E-state index is 4.46. The Kier molecular flexibility index (Phi) is 13.1. The van der Waals surface area contributed by atoms with Crippen molar-refractivity contribution < 1.29 is 4.92 Å². The number of aromatic nitrogens is 4. The molecule has 0 aliphatic heterocycles. The molecule has 4 nitrogen and oxygen atoms in total. The second kappa shape index (κ2) is 12.8. The van der Waals surface area contributed by atoms with E-state index in [4.69, 9.17) is 0 Å². The predicted molar refractivity (Wildman–Crippen MR) is 126 cm³/mol. The molecule has 3 rings (SSSR count). The van der Waals surface area contributed by atoms with E-state index in [2.05, 4.69) is 87.1 Å². The van der Waals surface area contributed by atoms with Gasteiger partial charge in [0.05, 0.1) is 11.4 Å². The third-order valence-corrected chi connectivity index (χ3v) is 2.90. The number of hydrogen-bond acceptors (Lipinski definition) is 3. The van der Waals surface area contributed by atoms with E-state index in [0.29, 0.717) is 5.78 Å². The SMILES string of the molecule is C.CC.Cc1nc2ncnn2c(C)c1-c1ccccc1.[I][V]([I])[I]. The van der Waals surface area contributed by atoms with Crippen molar-refractivity contribution in [1.82, 2.24) is 19.6 Å². The van der Waals surface area contributed by atoms with Gasteiger partial charge in [0, 0.05) is 5.56 Å². The van der Waals surface area contributed by atoms with Crippen LogP contribution in [0.25, 0.3) is 16.9 Å². The monoisotopic (exact) mass is 702 g/mol. The summed E-state index contributed by atoms with van der Waals surface area (Å²) in [6, 6.07) is 10.2. The van der Waals surface area contributed by atoms with Gasteiger partial charge in [-0.2, -0.15) is 10.1 Å². The van der Waals surface area contributed by atoms with Crippen molar-refractivity contribution in [2.75, 3.05) is 0 Å². The zero-order chi connectivity index (χ0) is 17.4. The fourth-order valence-corrected chi connectivity index (χ4v) is 2.14. The van der Waals surface area contributed by atoms with Crippen molar-refractivity contribution in [2.24, 2.45) is 0 Å². The molecule has 0 bridgehead atoms. The summed E-state index contributed by atoms with van der Waals surface area (Å²) >= 11 is 7.39. The summed E-state index contributed by atoms with van der Waals surface area (Å²) in [5, 5.41) is 4.19. The molecule has 0 atom stereocenters. The van der Waals surface area contributed by atoms with Gasteiger partial charge < -0.3 is 0 Å². The van der Waals surface area contributed by atoms with E-state index < -0.39 is 0 Å². The summed E-state index contributed by atoms with van der Waals surface area (Å²) in [5.74, 6) is 0.652. The number of fused-ring (bicyclic) bond motifs is 1. The van der Waals surface area contributed by atoms with Crippen molar-refractivity contribution in [2.45, 2.75) is 35.1 Å². The normalized spacial score (nSPS) is 9.50. The van der Waals surface area contributed by atoms with Crippen molar-refractivity contribution in [1.29, 1.82) is 0 Å². The number of rotatable bonds is 1. The molecule has 2 aromatic heterocycles. The first-order valence-corrected chi connectivity index (χ1v) is 20.5. The van der Waals surface area contributed by atoms with E-state index in [-0.39, 0.29) is 12.3 Å². The molecular weight excluding hydrogens is 680 g/mol. The minimum absolute atomic E-state index is 0. The molecule has 0 fully saturated rings. The van der Waals surface area contributed by atoms with Crippen LogP contribution in [-0.4, -0.2) is 19.6 Å². The van der Waals surface area contributed by atoms with Crippen molar-refractivity contribution in [3.63, 3.8) is 0 Å². The van der Waals surface area contributed by atoms with Crippen LogP contribution in [0.4, 0.5) is 0 Å². The Bertz CT molecular complexity index is 730. The van der Waals surface area contributed by atoms with Gasteiger partial charge in [-0.1, -0.05) is 51.6 Å². The van der Waals surface area contributed by atoms with E-state index in [1.54, 1.807) is 4.52 Å². The van der Waals surface area contributed by atoms with Gasteiger partial charge in [-0.25, -0.2) is 9.50 Å². The van der Waals surface area contributed by atoms with Crippen LogP contribution in [-0.2, 0) is 4.92 Å². The third-order valence-electron chi connectivity index (χ3n) is 2.90. The summed E-state index contributed by atoms with van der Waals surface area (Å²) in [4.78, 5) is 8.30. The predicted octanol–water partition coefficient (Wildman–Crippen LogP) is 6.73. The quantitative estimate of drug-likeness (QED) is 0.265. The minimum atomic E-state index is -0.278. The first kappa shape index (κ1) is 24.5. The van der Waals surface area contributed by atoms with Gasteiger partial charge in [0.25, 0.3) is 5.78 Å². The summed E-state index contributed by atoms with van der Waals surface area (Å²) in [6.07, 6.45) is 1.53. The molecule has 0 aliphatic rings. The van der Waals surface area contributed by atoms with Gasteiger partial charge in [-0.15, -0.1) is 0 Å². The Morgan fingerprint density at radius 3 is 2.08 bits per heavy atom. The molecule has 24 heavy (non-hydrogen) atoms. The zero-order valence-corrected chi connectivity index (χ0v) is 21.2. The number of halogens is 3. The molecule has 0 N–H and O–H groups in total. The van der Waals surface area contributed by atoms with Gasteiger partial charge >= 0.3 is 64.9 Å². The first-order valence-electron chi connectivity index (χ1n) is 7.00. The van der Waals surface area contributed by atoms with Crippen LogP contribution in [0.15, 0.2) is 36.7 Å². The van der Waals surface area contributed by atoms with E-state index in [1.165, 1.54) is 6.33 Å². The van der Waals surface area contributed by atoms with E-state index in [9.17, 15) is 0 Å². The molecule has 132 valence electrons. The van der Waals surface area contributed by atoms with Crippen molar-refractivity contribution in [3.05, 3.63) is 48.0 Å². The second-order valence-corrected chi connectivity index (χ2v) is 39.6. The summed E-state index contributed by atoms with van der Waals surface area (Å²) < 4.78 is 1.77. The van der Waals surface area contributed by atoms with E-state index in [1.807, 2.05) is 45.9 Å². The topological polar surface area (TPSA) is 43.1 Å². The van der Waals surface area contributed by atoms with E-state index in [0.717, 1.165) is 22.5 Å². The summed E-state index contributed by atoms with van der Waals surface area (Å²) in [5.41, 5.74) is 4.33. The van der Waals surface area contributed by atoms with Crippen LogP contribution >= 0.6 is 59.9 Å². The number of nitrogens with zero attached hydrogens (tertiary/aromatic N) is 4. The van der Waals surface area contributed by atoms with Gasteiger partial charge in [-0.05, 0) is 19.4 Å². The van der Waals surface area contributed by atoms with Crippen molar-refractivity contribution >= 4 is 65.7 Å². The van der Waals surface area contributed by atoms with Gasteiger partial charge in [0.15, 0.2) is 0 Å². The van der Waals surface area contributed by atoms with Crippen LogP contribution < -0.4 is 0 Å². The number of hydrogen-bond donors (Lipinski definition) is 0. The molecule has 0 unspecified atom stereocenters. The molecular formula is C16H22I3N4V. The number of benzene rings is 1. The molecule has 0 saturated heterocycles. The molecule has 0 aliphatic carbocycles. The molecule has 0 saturated carbocycles. The molecule has 0 spiro atoms. The summed E-state index contributed by atoms with van der Waals surface area (Å²) in [6.45, 7) is 8.04. The Morgan fingerprint density at radius 2 is 1.54 bits per heavy atom. The molecule has 1 aromatic carbocycles. The van der Waals surface area contributed by atoms with Crippen molar-refractivity contribution in [3.8, 4) is 11.1 Å². The van der Waals surface area contributed by atoms with Crippen LogP contribution in [0, 0.1) is 13.8 Å². The fourth-order valence-electron chi connectivity index (χ4n) is 2.14. The average Bonchev–Trinajstić information content (AvgIpc) is 2.98. The first-order chi connectivity index (χ1) is 11.0. The van der Waals surface area contributed by atoms with Crippen LogP contribution in [0.3, 0.4) is 0 Å². The summed E-state index contributed by atoms with van der Waals surface area (Å²) in [7, 11) is 0. The number of aryl methyl sites for hydroxylation is 2. The van der Waals surface area contributed by atoms with E-state index >= 15 is 0 Å². The zero-order valence-electron chi connectivity index (χ0n) is 13.3. The van der Waals surface area contributed by atoms with Crippen LogP contribution in [0.2, 0.25) is 0 Å². The maximum atomic E-state index is 4.46. The van der Waals surface area contributed by atoms with Crippen LogP contribution in [0.5, 0.6) is 0 Å². The Labute approximate surface area is 182 Å². The molecule has 8 heteroatoms. The van der Waals surface area contributed by atoms with Gasteiger partial charge in [0.1, 0.15) is 6.33 Å². The Hall–Kier alpha value is 0.544. The van der Waals surface area contributed by atoms with Gasteiger partial charge in [0.2, 0.25) is 0 Å². The second-order valence-electron chi connectivity index (χ2n) is 4.19.